The fourth-order valence-corrected chi connectivity index (χ4v) is 2.34. The van der Waals surface area contributed by atoms with E-state index in [2.05, 4.69) is 15.3 Å². The number of nitrogens with zero attached hydrogens (tertiary/aromatic N) is 1. The average Bonchev–Trinajstić information content (AvgIpc) is 2.99. The average molecular weight is 237 g/mol. The van der Waals surface area contributed by atoms with Gasteiger partial charge in [-0.05, 0) is 25.1 Å². The number of hydrogen-bond donors (Lipinski definition) is 2. The molecule has 1 aliphatic heterocycles. The molecule has 1 saturated heterocycles. The smallest absolute Gasteiger partial charge is 0.277 e. The molecule has 1 atom stereocenters. The van der Waals surface area contributed by atoms with Crippen LogP contribution in [0.3, 0.4) is 0 Å². The molecular weight excluding hydrogens is 224 g/mol. The van der Waals surface area contributed by atoms with Crippen molar-refractivity contribution in [3.05, 3.63) is 30.1 Å². The Kier molecular flexibility index (Phi) is 2.36. The first-order chi connectivity index (χ1) is 8.18. The molecule has 0 amide bonds. The summed E-state index contributed by atoms with van der Waals surface area (Å²) < 4.78 is 28.4. The summed E-state index contributed by atoms with van der Waals surface area (Å²) in [6, 6.07) is 4.61. The van der Waals surface area contributed by atoms with Gasteiger partial charge in [0, 0.05) is 18.0 Å². The summed E-state index contributed by atoms with van der Waals surface area (Å²) in [7, 11) is 0. The Bertz CT molecular complexity index is 529. The van der Waals surface area contributed by atoms with Crippen molar-refractivity contribution >= 4 is 11.0 Å². The Labute approximate surface area is 97.2 Å². The summed E-state index contributed by atoms with van der Waals surface area (Å²) in [5.41, 5.74) is 1.45. The third kappa shape index (κ3) is 1.70. The van der Waals surface area contributed by atoms with E-state index in [1.807, 2.05) is 0 Å². The molecule has 0 aliphatic carbocycles. The van der Waals surface area contributed by atoms with Gasteiger partial charge in [0.15, 0.2) is 0 Å². The Morgan fingerprint density at radius 2 is 2.24 bits per heavy atom. The zero-order valence-electron chi connectivity index (χ0n) is 9.21. The predicted octanol–water partition coefficient (Wildman–Crippen LogP) is 2.26. The zero-order valence-corrected chi connectivity index (χ0v) is 9.21. The number of fused-ring (bicyclic) bond motifs is 1. The molecule has 90 valence electrons. The number of rotatable bonds is 2. The molecule has 17 heavy (non-hydrogen) atoms. The lowest BCUT2D eigenvalue weighted by Crippen LogP contribution is -2.27. The van der Waals surface area contributed by atoms with Crippen molar-refractivity contribution in [1.29, 1.82) is 0 Å². The van der Waals surface area contributed by atoms with Gasteiger partial charge in [-0.15, -0.1) is 0 Å². The van der Waals surface area contributed by atoms with Gasteiger partial charge in [0.05, 0.1) is 17.4 Å². The second kappa shape index (κ2) is 3.77. The number of alkyl halides is 2. The molecule has 1 fully saturated rings. The zero-order chi connectivity index (χ0) is 11.9. The van der Waals surface area contributed by atoms with Crippen LogP contribution in [0.5, 0.6) is 0 Å². The highest BCUT2D eigenvalue weighted by atomic mass is 19.3. The maximum atomic E-state index is 14.2. The van der Waals surface area contributed by atoms with Gasteiger partial charge in [0.2, 0.25) is 0 Å². The van der Waals surface area contributed by atoms with Crippen LogP contribution in [0.2, 0.25) is 0 Å². The van der Waals surface area contributed by atoms with Gasteiger partial charge in [0.25, 0.3) is 5.92 Å². The van der Waals surface area contributed by atoms with Crippen LogP contribution < -0.4 is 5.32 Å². The normalized spacial score (nSPS) is 21.2. The summed E-state index contributed by atoms with van der Waals surface area (Å²) in [4.78, 5) is 6.89. The van der Waals surface area contributed by atoms with E-state index in [1.54, 1.807) is 6.07 Å². The maximum Gasteiger partial charge on any atom is 0.277 e. The summed E-state index contributed by atoms with van der Waals surface area (Å²) in [6.07, 6.45) is 2.04. The van der Waals surface area contributed by atoms with Crippen LogP contribution in [0.1, 0.15) is 12.0 Å². The molecule has 1 aromatic carbocycles. The van der Waals surface area contributed by atoms with E-state index < -0.39 is 11.8 Å². The van der Waals surface area contributed by atoms with Crippen molar-refractivity contribution < 1.29 is 8.78 Å². The fraction of sp³-hybridized carbons (Fsp3) is 0.417. The second-order valence-corrected chi connectivity index (χ2v) is 4.45. The summed E-state index contributed by atoms with van der Waals surface area (Å²) in [6.45, 7) is 1.06. The summed E-state index contributed by atoms with van der Waals surface area (Å²) in [5.74, 6) is -3.38. The van der Waals surface area contributed by atoms with Gasteiger partial charge in [0.1, 0.15) is 0 Å². The van der Waals surface area contributed by atoms with Gasteiger partial charge in [-0.1, -0.05) is 6.07 Å². The molecule has 3 nitrogen and oxygen atoms in total. The highest BCUT2D eigenvalue weighted by molar-refractivity contribution is 5.75. The van der Waals surface area contributed by atoms with Crippen LogP contribution in [-0.2, 0) is 5.92 Å². The van der Waals surface area contributed by atoms with Crippen LogP contribution in [0.4, 0.5) is 8.78 Å². The summed E-state index contributed by atoms with van der Waals surface area (Å²) >= 11 is 0. The molecule has 2 heterocycles. The van der Waals surface area contributed by atoms with E-state index in [0.717, 1.165) is 0 Å². The van der Waals surface area contributed by atoms with E-state index >= 15 is 0 Å². The minimum Gasteiger partial charge on any atom is -0.345 e. The molecular formula is C12H13F2N3. The van der Waals surface area contributed by atoms with Gasteiger partial charge in [-0.25, -0.2) is 13.8 Å². The van der Waals surface area contributed by atoms with Crippen LogP contribution >= 0.6 is 0 Å². The van der Waals surface area contributed by atoms with Crippen molar-refractivity contribution in [2.24, 2.45) is 5.92 Å². The Morgan fingerprint density at radius 3 is 3.00 bits per heavy atom. The molecule has 0 bridgehead atoms. The van der Waals surface area contributed by atoms with Crippen LogP contribution in [-0.4, -0.2) is 23.1 Å². The molecule has 1 aliphatic rings. The lowest BCUT2D eigenvalue weighted by atomic mass is 9.93. The Morgan fingerprint density at radius 1 is 1.35 bits per heavy atom. The lowest BCUT2D eigenvalue weighted by Gasteiger charge is -2.22. The third-order valence-corrected chi connectivity index (χ3v) is 3.38. The molecule has 0 radical (unpaired) electrons. The molecule has 0 saturated carbocycles. The van der Waals surface area contributed by atoms with Crippen molar-refractivity contribution in [3.63, 3.8) is 0 Å². The summed E-state index contributed by atoms with van der Waals surface area (Å²) in [5, 5.41) is 2.98. The minimum absolute atomic E-state index is 0.0722. The predicted molar refractivity (Wildman–Crippen MR) is 61.0 cm³/mol. The number of benzene rings is 1. The Balaban J connectivity index is 2.00. The van der Waals surface area contributed by atoms with E-state index in [9.17, 15) is 8.78 Å². The number of hydrogen-bond acceptors (Lipinski definition) is 2. The number of H-pyrrole nitrogens is 1. The molecule has 5 heteroatoms. The van der Waals surface area contributed by atoms with Crippen molar-refractivity contribution in [1.82, 2.24) is 15.3 Å². The van der Waals surface area contributed by atoms with Crippen molar-refractivity contribution in [3.8, 4) is 0 Å². The maximum absolute atomic E-state index is 14.2. The first kappa shape index (κ1) is 10.7. The highest BCUT2D eigenvalue weighted by Gasteiger charge is 2.42. The van der Waals surface area contributed by atoms with Crippen LogP contribution in [0.15, 0.2) is 24.5 Å². The van der Waals surface area contributed by atoms with Gasteiger partial charge in [-0.2, -0.15) is 0 Å². The molecule has 2 N–H and O–H groups in total. The lowest BCUT2D eigenvalue weighted by molar-refractivity contribution is -0.0574. The Hall–Kier alpha value is -1.49. The van der Waals surface area contributed by atoms with Gasteiger partial charge >= 0.3 is 0 Å². The van der Waals surface area contributed by atoms with Crippen molar-refractivity contribution in [2.75, 3.05) is 13.1 Å². The first-order valence-electron chi connectivity index (χ1n) is 5.70. The molecule has 1 unspecified atom stereocenters. The van der Waals surface area contributed by atoms with Gasteiger partial charge in [-0.3, -0.25) is 0 Å². The van der Waals surface area contributed by atoms with E-state index in [0.29, 0.717) is 30.5 Å². The number of aromatic nitrogens is 2. The number of nitrogens with one attached hydrogen (secondary N) is 2. The third-order valence-electron chi connectivity index (χ3n) is 3.38. The van der Waals surface area contributed by atoms with E-state index in [-0.39, 0.29) is 5.56 Å². The highest BCUT2D eigenvalue weighted by Crippen LogP contribution is 2.39. The monoisotopic (exact) mass is 237 g/mol. The van der Waals surface area contributed by atoms with Crippen LogP contribution in [0.25, 0.3) is 11.0 Å². The number of aromatic amines is 1. The van der Waals surface area contributed by atoms with Crippen LogP contribution in [0, 0.1) is 5.92 Å². The van der Waals surface area contributed by atoms with E-state index in [4.69, 9.17) is 0 Å². The largest absolute Gasteiger partial charge is 0.345 e. The molecule has 2 aromatic rings. The quantitative estimate of drug-likeness (QED) is 0.841. The van der Waals surface area contributed by atoms with Crippen molar-refractivity contribution in [2.45, 2.75) is 12.3 Å². The molecule has 0 spiro atoms. The molecule has 1 aromatic heterocycles. The fourth-order valence-electron chi connectivity index (χ4n) is 2.34. The standard InChI is InChI=1S/C12H13F2N3/c13-12(14,9-3-4-15-6-9)8-1-2-10-11(5-8)17-7-16-10/h1-2,5,7,9,15H,3-4,6H2,(H,16,17). The topological polar surface area (TPSA) is 40.7 Å². The second-order valence-electron chi connectivity index (χ2n) is 4.45. The SMILES string of the molecule is FC(F)(c1ccc2nc[nH]c2c1)C1CCNC1. The van der Waals surface area contributed by atoms with Gasteiger partial charge < -0.3 is 10.3 Å². The minimum atomic E-state index is -2.78. The molecule has 3 rings (SSSR count). The number of halogens is 2. The number of imidazole rings is 1. The van der Waals surface area contributed by atoms with E-state index in [1.165, 1.54) is 18.5 Å². The first-order valence-corrected chi connectivity index (χ1v) is 5.70.